The van der Waals surface area contributed by atoms with Crippen LogP contribution in [0.25, 0.3) is 31.9 Å². The molecule has 0 aliphatic carbocycles. The molecule has 0 bridgehead atoms. The topological polar surface area (TPSA) is 70.4 Å². The number of aromatic nitrogens is 1. The van der Waals surface area contributed by atoms with Crippen molar-refractivity contribution in [2.75, 3.05) is 0 Å². The summed E-state index contributed by atoms with van der Waals surface area (Å²) in [7, 11) is 0. The zero-order valence-corrected chi connectivity index (χ0v) is 13.8. The van der Waals surface area contributed by atoms with Gasteiger partial charge in [-0.05, 0) is 47.5 Å². The van der Waals surface area contributed by atoms with Gasteiger partial charge in [0.1, 0.15) is 10.8 Å². The van der Waals surface area contributed by atoms with Crippen molar-refractivity contribution in [1.29, 1.82) is 0 Å². The Balaban J connectivity index is 1.79. The lowest BCUT2D eigenvalue weighted by atomic mass is 10.0. The minimum atomic E-state index is -0.951. The number of nitrogens with zero attached hydrogens (tertiary/aromatic N) is 1. The van der Waals surface area contributed by atoms with Crippen LogP contribution in [0.1, 0.15) is 10.4 Å². The van der Waals surface area contributed by atoms with Gasteiger partial charge in [-0.25, -0.2) is 9.78 Å². The Morgan fingerprint density at radius 3 is 2.36 bits per heavy atom. The Morgan fingerprint density at radius 1 is 0.920 bits per heavy atom. The normalized spacial score (nSPS) is 10.9. The van der Waals surface area contributed by atoms with Crippen molar-refractivity contribution in [2.24, 2.45) is 0 Å². The number of carboxylic acid groups (broad SMARTS) is 1. The molecule has 0 saturated heterocycles. The maximum absolute atomic E-state index is 11.0. The number of hydrogen-bond acceptors (Lipinski definition) is 4. The lowest BCUT2D eigenvalue weighted by Gasteiger charge is -2.06. The van der Waals surface area contributed by atoms with Gasteiger partial charge < -0.3 is 10.2 Å². The van der Waals surface area contributed by atoms with E-state index in [2.05, 4.69) is 4.98 Å². The van der Waals surface area contributed by atoms with Crippen LogP contribution in [0.4, 0.5) is 0 Å². The number of rotatable bonds is 3. The van der Waals surface area contributed by atoms with E-state index in [0.717, 1.165) is 26.4 Å². The van der Waals surface area contributed by atoms with E-state index in [9.17, 15) is 9.90 Å². The number of para-hydroxylation sites is 1. The molecule has 0 fully saturated rings. The summed E-state index contributed by atoms with van der Waals surface area (Å²) in [4.78, 5) is 15.6. The van der Waals surface area contributed by atoms with E-state index in [4.69, 9.17) is 5.11 Å². The van der Waals surface area contributed by atoms with Gasteiger partial charge in [-0.2, -0.15) is 0 Å². The van der Waals surface area contributed by atoms with Crippen LogP contribution in [-0.2, 0) is 0 Å². The van der Waals surface area contributed by atoms with Crippen LogP contribution in [0.15, 0.2) is 66.7 Å². The molecule has 1 heterocycles. The quantitative estimate of drug-likeness (QED) is 0.545. The number of phenols is 1. The highest BCUT2D eigenvalue weighted by atomic mass is 32.1. The van der Waals surface area contributed by atoms with Gasteiger partial charge in [0.05, 0.1) is 21.3 Å². The third-order valence-corrected chi connectivity index (χ3v) is 5.06. The summed E-state index contributed by atoms with van der Waals surface area (Å²) < 4.78 is 1.06. The number of aromatic hydroxyl groups is 1. The van der Waals surface area contributed by atoms with Crippen molar-refractivity contribution in [3.63, 3.8) is 0 Å². The molecule has 4 rings (SSSR count). The summed E-state index contributed by atoms with van der Waals surface area (Å²) in [6.07, 6.45) is 0. The molecule has 0 radical (unpaired) electrons. The number of fused-ring (bicyclic) bond motifs is 1. The van der Waals surface area contributed by atoms with Crippen LogP contribution < -0.4 is 0 Å². The van der Waals surface area contributed by atoms with Gasteiger partial charge in [0.2, 0.25) is 0 Å². The molecular weight excluding hydrogens is 334 g/mol. The molecule has 25 heavy (non-hydrogen) atoms. The average Bonchev–Trinajstić information content (AvgIpc) is 3.06. The lowest BCUT2D eigenvalue weighted by molar-refractivity contribution is 0.0697. The molecule has 0 aliphatic heterocycles. The Morgan fingerprint density at radius 2 is 1.64 bits per heavy atom. The summed E-state index contributed by atoms with van der Waals surface area (Å²) in [5.41, 5.74) is 3.59. The number of thiazole rings is 1. The second-order valence-corrected chi connectivity index (χ2v) is 6.63. The van der Waals surface area contributed by atoms with Gasteiger partial charge in [-0.1, -0.05) is 30.3 Å². The van der Waals surface area contributed by atoms with Gasteiger partial charge in [-0.3, -0.25) is 0 Å². The van der Waals surface area contributed by atoms with Gasteiger partial charge in [0.25, 0.3) is 0 Å². The first-order valence-corrected chi connectivity index (χ1v) is 8.46. The zero-order valence-electron chi connectivity index (χ0n) is 13.0. The first-order chi connectivity index (χ1) is 12.1. The Bertz CT molecular complexity index is 1050. The number of hydrogen-bond donors (Lipinski definition) is 2. The maximum atomic E-state index is 11.0. The molecule has 2 N–H and O–H groups in total. The number of benzene rings is 3. The monoisotopic (exact) mass is 347 g/mol. The fraction of sp³-hybridized carbons (Fsp3) is 0. The van der Waals surface area contributed by atoms with Crippen molar-refractivity contribution in [1.82, 2.24) is 4.98 Å². The third kappa shape index (κ3) is 2.86. The summed E-state index contributed by atoms with van der Waals surface area (Å²) in [6, 6.07) is 19.8. The molecule has 0 aliphatic rings. The van der Waals surface area contributed by atoms with Crippen molar-refractivity contribution >= 4 is 27.5 Å². The molecule has 4 nitrogen and oxygen atoms in total. The summed E-state index contributed by atoms with van der Waals surface area (Å²) in [5.74, 6) is -0.780. The molecule has 0 amide bonds. The van der Waals surface area contributed by atoms with E-state index >= 15 is 0 Å². The fourth-order valence-electron chi connectivity index (χ4n) is 2.68. The summed E-state index contributed by atoms with van der Waals surface area (Å²) in [5, 5.41) is 20.0. The number of carboxylic acids is 1. The van der Waals surface area contributed by atoms with Gasteiger partial charge in [0, 0.05) is 0 Å². The van der Waals surface area contributed by atoms with E-state index in [1.165, 1.54) is 11.3 Å². The average molecular weight is 347 g/mol. The predicted octanol–water partition coefficient (Wildman–Crippen LogP) is 5.03. The Labute approximate surface area is 147 Å². The van der Waals surface area contributed by atoms with E-state index < -0.39 is 5.97 Å². The van der Waals surface area contributed by atoms with E-state index in [-0.39, 0.29) is 11.3 Å². The third-order valence-electron chi connectivity index (χ3n) is 3.99. The Kier molecular flexibility index (Phi) is 3.71. The highest BCUT2D eigenvalue weighted by Crippen LogP contribution is 2.37. The molecule has 0 saturated carbocycles. The minimum absolute atomic E-state index is 0.171. The molecule has 0 atom stereocenters. The first kappa shape index (κ1) is 15.4. The van der Waals surface area contributed by atoms with Crippen molar-refractivity contribution in [2.45, 2.75) is 0 Å². The fourth-order valence-corrected chi connectivity index (χ4v) is 3.67. The molecule has 4 aromatic rings. The van der Waals surface area contributed by atoms with Crippen LogP contribution in [0.3, 0.4) is 0 Å². The van der Waals surface area contributed by atoms with Crippen molar-refractivity contribution < 1.29 is 15.0 Å². The van der Waals surface area contributed by atoms with Crippen molar-refractivity contribution in [3.05, 3.63) is 72.3 Å². The second-order valence-electron chi connectivity index (χ2n) is 5.60. The molecule has 122 valence electrons. The largest absolute Gasteiger partial charge is 0.507 e. The van der Waals surface area contributed by atoms with Crippen LogP contribution in [0.2, 0.25) is 0 Å². The van der Waals surface area contributed by atoms with Gasteiger partial charge in [-0.15, -0.1) is 11.3 Å². The maximum Gasteiger partial charge on any atom is 0.335 e. The van der Waals surface area contributed by atoms with Crippen LogP contribution in [0, 0.1) is 0 Å². The standard InChI is InChI=1S/C20H13NO3S/c22-17-10-9-14(12-5-7-13(8-6-12)20(23)24)11-15(17)19-21-16-3-1-2-4-18(16)25-19/h1-11,22H,(H,23,24). The van der Waals surface area contributed by atoms with E-state index in [1.54, 1.807) is 30.3 Å². The predicted molar refractivity (Wildman–Crippen MR) is 99.1 cm³/mol. The summed E-state index contributed by atoms with van der Waals surface area (Å²) >= 11 is 1.53. The lowest BCUT2D eigenvalue weighted by Crippen LogP contribution is -1.94. The minimum Gasteiger partial charge on any atom is -0.507 e. The smallest absolute Gasteiger partial charge is 0.335 e. The Hall–Kier alpha value is -3.18. The van der Waals surface area contributed by atoms with Crippen LogP contribution in [-0.4, -0.2) is 21.2 Å². The second kappa shape index (κ2) is 6.03. The molecule has 5 heteroatoms. The van der Waals surface area contributed by atoms with Gasteiger partial charge in [0.15, 0.2) is 0 Å². The van der Waals surface area contributed by atoms with Gasteiger partial charge >= 0.3 is 5.97 Å². The molecule has 3 aromatic carbocycles. The number of carbonyl (C=O) groups is 1. The van der Waals surface area contributed by atoms with E-state index in [0.29, 0.717) is 5.56 Å². The number of aromatic carboxylic acids is 1. The summed E-state index contributed by atoms with van der Waals surface area (Å²) in [6.45, 7) is 0. The molecule has 0 unspecified atom stereocenters. The highest BCUT2D eigenvalue weighted by molar-refractivity contribution is 7.21. The number of phenolic OH excluding ortho intramolecular Hbond substituents is 1. The van der Waals surface area contributed by atoms with E-state index in [1.807, 2.05) is 36.4 Å². The van der Waals surface area contributed by atoms with Crippen LogP contribution in [0.5, 0.6) is 5.75 Å². The van der Waals surface area contributed by atoms with Crippen LogP contribution >= 0.6 is 11.3 Å². The molecular formula is C20H13NO3S. The first-order valence-electron chi connectivity index (χ1n) is 7.64. The van der Waals surface area contributed by atoms with Crippen molar-refractivity contribution in [3.8, 4) is 27.4 Å². The molecule has 1 aromatic heterocycles. The zero-order chi connectivity index (χ0) is 17.4. The highest BCUT2D eigenvalue weighted by Gasteiger charge is 2.12. The molecule has 0 spiro atoms. The SMILES string of the molecule is O=C(O)c1ccc(-c2ccc(O)c(-c3nc4ccccc4s3)c2)cc1.